The third-order valence-electron chi connectivity index (χ3n) is 3.39. The zero-order valence-electron chi connectivity index (χ0n) is 13.7. The molecule has 2 rings (SSSR count). The van der Waals surface area contributed by atoms with Gasteiger partial charge in [-0.15, -0.1) is 5.10 Å². The van der Waals surface area contributed by atoms with Crippen molar-refractivity contribution < 1.29 is 14.3 Å². The second-order valence-electron chi connectivity index (χ2n) is 5.18. The maximum Gasteiger partial charge on any atom is 0.244 e. The summed E-state index contributed by atoms with van der Waals surface area (Å²) < 4.78 is 7.06. The molecule has 0 aliphatic carbocycles. The molecule has 8 nitrogen and oxygen atoms in total. The molecular weight excluding hydrogens is 310 g/mol. The van der Waals surface area contributed by atoms with E-state index in [0.717, 1.165) is 5.75 Å². The first-order valence-corrected chi connectivity index (χ1v) is 7.67. The van der Waals surface area contributed by atoms with Crippen molar-refractivity contribution in [3.8, 4) is 5.75 Å². The summed E-state index contributed by atoms with van der Waals surface area (Å²) in [6.45, 7) is 2.27. The van der Waals surface area contributed by atoms with Gasteiger partial charge in [0.2, 0.25) is 11.8 Å². The number of carbonyl (C=O) groups is 2. The van der Waals surface area contributed by atoms with Gasteiger partial charge in [-0.05, 0) is 19.1 Å². The summed E-state index contributed by atoms with van der Waals surface area (Å²) in [4.78, 5) is 23.2. The number of hydrogen-bond donors (Lipinski definition) is 2. The lowest BCUT2D eigenvalue weighted by molar-refractivity contribution is -0.124. The minimum absolute atomic E-state index is 0.121. The Kier molecular flexibility index (Phi) is 6.30. The second kappa shape index (κ2) is 8.66. The smallest absolute Gasteiger partial charge is 0.244 e. The molecule has 2 N–H and O–H groups in total. The number of rotatable bonds is 8. The van der Waals surface area contributed by atoms with E-state index in [1.807, 2.05) is 30.3 Å². The lowest BCUT2D eigenvalue weighted by Crippen LogP contribution is -2.34. The second-order valence-corrected chi connectivity index (χ2v) is 5.18. The van der Waals surface area contributed by atoms with Gasteiger partial charge >= 0.3 is 0 Å². The summed E-state index contributed by atoms with van der Waals surface area (Å²) in [5, 5.41) is 13.1. The highest BCUT2D eigenvalue weighted by molar-refractivity contribution is 5.81. The van der Waals surface area contributed by atoms with Crippen molar-refractivity contribution >= 4 is 11.8 Å². The molecule has 2 aromatic rings. The Morgan fingerprint density at radius 2 is 2.04 bits per heavy atom. The van der Waals surface area contributed by atoms with Crippen LogP contribution in [0.25, 0.3) is 0 Å². The van der Waals surface area contributed by atoms with Crippen molar-refractivity contribution in [2.75, 3.05) is 13.6 Å². The van der Waals surface area contributed by atoms with E-state index in [4.69, 9.17) is 4.74 Å². The Balaban J connectivity index is 1.82. The average molecular weight is 331 g/mol. The van der Waals surface area contributed by atoms with Crippen LogP contribution in [-0.2, 0) is 16.2 Å². The van der Waals surface area contributed by atoms with Crippen LogP contribution >= 0.6 is 0 Å². The monoisotopic (exact) mass is 331 g/mol. The van der Waals surface area contributed by atoms with Crippen molar-refractivity contribution in [2.45, 2.75) is 26.0 Å². The fourth-order valence-corrected chi connectivity index (χ4v) is 1.93. The van der Waals surface area contributed by atoms with Crippen molar-refractivity contribution in [3.63, 3.8) is 0 Å². The van der Waals surface area contributed by atoms with Gasteiger partial charge in [-0.2, -0.15) is 0 Å². The Morgan fingerprint density at radius 3 is 2.75 bits per heavy atom. The molecule has 2 amide bonds. The van der Waals surface area contributed by atoms with Crippen LogP contribution in [0, 0.1) is 0 Å². The molecule has 0 saturated carbocycles. The van der Waals surface area contributed by atoms with Crippen LogP contribution in [0.15, 0.2) is 36.5 Å². The van der Waals surface area contributed by atoms with E-state index >= 15 is 0 Å². The van der Waals surface area contributed by atoms with E-state index in [1.165, 1.54) is 4.68 Å². The van der Waals surface area contributed by atoms with E-state index in [2.05, 4.69) is 20.9 Å². The summed E-state index contributed by atoms with van der Waals surface area (Å²) in [6, 6.07) is 8.87. The zero-order chi connectivity index (χ0) is 17.4. The van der Waals surface area contributed by atoms with Crippen LogP contribution in [0.4, 0.5) is 0 Å². The van der Waals surface area contributed by atoms with Crippen molar-refractivity contribution in [2.24, 2.45) is 0 Å². The number of amides is 2. The van der Waals surface area contributed by atoms with E-state index in [9.17, 15) is 9.59 Å². The molecule has 0 aliphatic heterocycles. The highest BCUT2D eigenvalue weighted by Crippen LogP contribution is 2.11. The Labute approximate surface area is 140 Å². The molecule has 0 bridgehead atoms. The van der Waals surface area contributed by atoms with E-state index in [0.29, 0.717) is 5.69 Å². The third kappa shape index (κ3) is 5.08. The first kappa shape index (κ1) is 17.5. The predicted octanol–water partition coefficient (Wildman–Crippen LogP) is 0.670. The van der Waals surface area contributed by atoms with Crippen molar-refractivity contribution in [3.05, 3.63) is 42.2 Å². The number of nitrogens with one attached hydrogen (secondary N) is 2. The van der Waals surface area contributed by atoms with Crippen LogP contribution in [-0.4, -0.2) is 40.4 Å². The Morgan fingerprint density at radius 1 is 1.29 bits per heavy atom. The number of aromatic nitrogens is 3. The molecule has 1 unspecified atom stereocenters. The van der Waals surface area contributed by atoms with Gasteiger partial charge in [0.15, 0.2) is 0 Å². The number of nitrogens with zero attached hydrogens (tertiary/aromatic N) is 3. The minimum atomic E-state index is -0.521. The topological polar surface area (TPSA) is 98.1 Å². The number of benzene rings is 1. The normalized spacial score (nSPS) is 11.6. The quantitative estimate of drug-likeness (QED) is 0.741. The molecule has 0 spiro atoms. The highest BCUT2D eigenvalue weighted by Gasteiger charge is 2.16. The summed E-state index contributed by atoms with van der Waals surface area (Å²) in [7, 11) is 1.56. The molecule has 1 heterocycles. The van der Waals surface area contributed by atoms with Gasteiger partial charge in [0.25, 0.3) is 0 Å². The van der Waals surface area contributed by atoms with E-state index in [-0.39, 0.29) is 31.4 Å². The molecule has 0 fully saturated rings. The molecule has 1 aromatic carbocycles. The van der Waals surface area contributed by atoms with Crippen molar-refractivity contribution in [1.82, 2.24) is 25.6 Å². The van der Waals surface area contributed by atoms with Gasteiger partial charge in [0.05, 0.1) is 6.20 Å². The van der Waals surface area contributed by atoms with Gasteiger partial charge < -0.3 is 15.4 Å². The predicted molar refractivity (Wildman–Crippen MR) is 87.2 cm³/mol. The number of hydrogen-bond acceptors (Lipinski definition) is 5. The zero-order valence-corrected chi connectivity index (χ0v) is 13.7. The SMILES string of the molecule is CNC(=O)CCNC(=O)C(C)n1cc(COc2ccccc2)nn1. The Bertz CT molecular complexity index is 671. The standard InChI is InChI=1S/C16H21N5O3/c1-12(16(23)18-9-8-15(22)17-2)21-10-13(19-20-21)11-24-14-6-4-3-5-7-14/h3-7,10,12H,8-9,11H2,1-2H3,(H,17,22)(H,18,23). The van der Waals surface area contributed by atoms with Crippen LogP contribution in [0.1, 0.15) is 25.1 Å². The molecule has 128 valence electrons. The van der Waals surface area contributed by atoms with Gasteiger partial charge in [0.1, 0.15) is 24.1 Å². The number of carbonyl (C=O) groups excluding carboxylic acids is 2. The van der Waals surface area contributed by atoms with Crippen LogP contribution < -0.4 is 15.4 Å². The summed E-state index contributed by atoms with van der Waals surface area (Å²) in [5.41, 5.74) is 0.629. The largest absolute Gasteiger partial charge is 0.487 e. The lowest BCUT2D eigenvalue weighted by Gasteiger charge is -2.11. The third-order valence-corrected chi connectivity index (χ3v) is 3.39. The number of para-hydroxylation sites is 1. The van der Waals surface area contributed by atoms with Crippen molar-refractivity contribution in [1.29, 1.82) is 0 Å². The fourth-order valence-electron chi connectivity index (χ4n) is 1.93. The summed E-state index contributed by atoms with van der Waals surface area (Å²) >= 11 is 0. The number of ether oxygens (including phenoxy) is 1. The molecule has 24 heavy (non-hydrogen) atoms. The lowest BCUT2D eigenvalue weighted by atomic mass is 10.3. The van der Waals surface area contributed by atoms with Crippen LogP contribution in [0.3, 0.4) is 0 Å². The van der Waals surface area contributed by atoms with Gasteiger partial charge in [-0.1, -0.05) is 23.4 Å². The van der Waals surface area contributed by atoms with E-state index in [1.54, 1.807) is 20.2 Å². The maximum absolute atomic E-state index is 12.0. The molecule has 0 radical (unpaired) electrons. The summed E-state index contributed by atoms with van der Waals surface area (Å²) in [5.74, 6) is 0.399. The molecule has 0 aliphatic rings. The first-order valence-electron chi connectivity index (χ1n) is 7.67. The molecular formula is C16H21N5O3. The van der Waals surface area contributed by atoms with Gasteiger partial charge in [0, 0.05) is 20.0 Å². The van der Waals surface area contributed by atoms with Gasteiger partial charge in [-0.3, -0.25) is 9.59 Å². The average Bonchev–Trinajstić information content (AvgIpc) is 3.08. The van der Waals surface area contributed by atoms with Crippen LogP contribution in [0.5, 0.6) is 5.75 Å². The van der Waals surface area contributed by atoms with E-state index < -0.39 is 6.04 Å². The minimum Gasteiger partial charge on any atom is -0.487 e. The molecule has 1 atom stereocenters. The molecule has 0 saturated heterocycles. The van der Waals surface area contributed by atoms with Gasteiger partial charge in [-0.25, -0.2) is 4.68 Å². The van der Waals surface area contributed by atoms with Crippen LogP contribution in [0.2, 0.25) is 0 Å². The molecule has 1 aromatic heterocycles. The maximum atomic E-state index is 12.0. The highest BCUT2D eigenvalue weighted by atomic mass is 16.5. The first-order chi connectivity index (χ1) is 11.6. The summed E-state index contributed by atoms with van der Waals surface area (Å²) in [6.07, 6.45) is 1.91. The fraction of sp³-hybridized carbons (Fsp3) is 0.375. The molecule has 8 heteroatoms. The Hall–Kier alpha value is -2.90.